The van der Waals surface area contributed by atoms with E-state index in [9.17, 15) is 18.0 Å². The van der Waals surface area contributed by atoms with E-state index >= 15 is 0 Å². The number of benzene rings is 1. The van der Waals surface area contributed by atoms with Crippen LogP contribution in [0, 0.1) is 6.92 Å². The zero-order chi connectivity index (χ0) is 20.6. The van der Waals surface area contributed by atoms with Crippen LogP contribution >= 0.6 is 0 Å². The predicted octanol–water partition coefficient (Wildman–Crippen LogP) is 4.46. The van der Waals surface area contributed by atoms with Gasteiger partial charge in [0.05, 0.1) is 5.70 Å². The second-order valence-electron chi connectivity index (χ2n) is 6.37. The van der Waals surface area contributed by atoms with Gasteiger partial charge in [0.25, 0.3) is 5.91 Å². The van der Waals surface area contributed by atoms with Crippen molar-refractivity contribution in [2.24, 2.45) is 0 Å². The number of rotatable bonds is 3. The van der Waals surface area contributed by atoms with Gasteiger partial charge in [-0.2, -0.15) is 13.2 Å². The SMILES string of the molecule is C=C1NC(=O)C(C)=C(c2ccc(Oc3ncccc3C(F)(F)F)cc2C)N1C. The van der Waals surface area contributed by atoms with Crippen molar-refractivity contribution in [1.29, 1.82) is 0 Å². The number of halogens is 3. The van der Waals surface area contributed by atoms with Crippen molar-refractivity contribution in [3.63, 3.8) is 0 Å². The molecule has 0 bridgehead atoms. The average molecular weight is 389 g/mol. The molecule has 28 heavy (non-hydrogen) atoms. The summed E-state index contributed by atoms with van der Waals surface area (Å²) in [6.45, 7) is 7.29. The highest BCUT2D eigenvalue weighted by Gasteiger charge is 2.35. The molecular formula is C20H18F3N3O2. The molecule has 5 nitrogen and oxygen atoms in total. The number of alkyl halides is 3. The molecule has 0 radical (unpaired) electrons. The Kier molecular flexibility index (Phi) is 4.89. The summed E-state index contributed by atoms with van der Waals surface area (Å²) in [6.07, 6.45) is -3.33. The summed E-state index contributed by atoms with van der Waals surface area (Å²) >= 11 is 0. The summed E-state index contributed by atoms with van der Waals surface area (Å²) in [5.41, 5.74) is 1.71. The molecule has 2 aromatic rings. The highest BCUT2D eigenvalue weighted by atomic mass is 19.4. The summed E-state index contributed by atoms with van der Waals surface area (Å²) in [5, 5.41) is 2.66. The van der Waals surface area contributed by atoms with E-state index in [1.807, 2.05) is 0 Å². The van der Waals surface area contributed by atoms with Crippen LogP contribution in [0.1, 0.15) is 23.6 Å². The van der Waals surface area contributed by atoms with Crippen molar-refractivity contribution < 1.29 is 22.7 Å². The molecule has 1 aromatic carbocycles. The largest absolute Gasteiger partial charge is 0.438 e. The summed E-state index contributed by atoms with van der Waals surface area (Å²) in [7, 11) is 1.77. The maximum Gasteiger partial charge on any atom is 0.421 e. The molecular weight excluding hydrogens is 371 g/mol. The quantitative estimate of drug-likeness (QED) is 0.842. The van der Waals surface area contributed by atoms with E-state index in [0.717, 1.165) is 17.2 Å². The molecule has 1 aromatic heterocycles. The lowest BCUT2D eigenvalue weighted by Gasteiger charge is -2.32. The Bertz CT molecular complexity index is 996. The Morgan fingerprint density at radius 3 is 2.57 bits per heavy atom. The molecule has 0 saturated heterocycles. The lowest BCUT2D eigenvalue weighted by Crippen LogP contribution is -2.38. The number of carbonyl (C=O) groups is 1. The van der Waals surface area contributed by atoms with E-state index in [1.54, 1.807) is 44.0 Å². The standard InChI is InChI=1S/C20H18F3N3O2/c1-11-10-14(28-19-16(20(21,22)23)6-5-9-24-19)7-8-15(11)17-12(2)18(27)25-13(3)26(17)4/h5-10H,3H2,1-2,4H3,(H,25,27). The first-order valence-electron chi connectivity index (χ1n) is 8.35. The number of carbonyl (C=O) groups excluding carboxylic acids is 1. The van der Waals surface area contributed by atoms with Gasteiger partial charge in [0, 0.05) is 24.4 Å². The van der Waals surface area contributed by atoms with Crippen LogP contribution < -0.4 is 10.1 Å². The molecule has 1 amide bonds. The van der Waals surface area contributed by atoms with E-state index < -0.39 is 17.6 Å². The average Bonchev–Trinajstić information content (AvgIpc) is 2.61. The molecule has 1 aliphatic heterocycles. The normalized spacial score (nSPS) is 15.0. The molecule has 0 saturated carbocycles. The lowest BCUT2D eigenvalue weighted by molar-refractivity contribution is -0.138. The monoisotopic (exact) mass is 389 g/mol. The van der Waals surface area contributed by atoms with E-state index in [4.69, 9.17) is 4.74 Å². The van der Waals surface area contributed by atoms with E-state index in [1.165, 1.54) is 12.3 Å². The fourth-order valence-corrected chi connectivity index (χ4v) is 2.95. The number of amides is 1. The van der Waals surface area contributed by atoms with Crippen LogP contribution in [0.5, 0.6) is 11.6 Å². The fraction of sp³-hybridized carbons (Fsp3) is 0.200. The smallest absolute Gasteiger partial charge is 0.421 e. The first-order chi connectivity index (χ1) is 13.1. The summed E-state index contributed by atoms with van der Waals surface area (Å²) in [4.78, 5) is 17.5. The van der Waals surface area contributed by atoms with Gasteiger partial charge >= 0.3 is 6.18 Å². The summed E-state index contributed by atoms with van der Waals surface area (Å²) in [5.74, 6) is -0.111. The topological polar surface area (TPSA) is 54.5 Å². The third-order valence-corrected chi connectivity index (χ3v) is 4.44. The van der Waals surface area contributed by atoms with Gasteiger partial charge in [-0.1, -0.05) is 6.58 Å². The minimum absolute atomic E-state index is 0.213. The van der Waals surface area contributed by atoms with E-state index in [0.29, 0.717) is 17.1 Å². The minimum Gasteiger partial charge on any atom is -0.438 e. The second-order valence-corrected chi connectivity index (χ2v) is 6.37. The zero-order valence-corrected chi connectivity index (χ0v) is 15.5. The molecule has 1 N–H and O–H groups in total. The summed E-state index contributed by atoms with van der Waals surface area (Å²) < 4.78 is 44.8. The van der Waals surface area contributed by atoms with Crippen LogP contribution in [0.2, 0.25) is 0 Å². The molecule has 8 heteroatoms. The Morgan fingerprint density at radius 1 is 1.21 bits per heavy atom. The molecule has 0 unspecified atom stereocenters. The maximum absolute atomic E-state index is 13.1. The van der Waals surface area contributed by atoms with Gasteiger partial charge in [-0.05, 0) is 49.7 Å². The first-order valence-corrected chi connectivity index (χ1v) is 8.35. The highest BCUT2D eigenvalue weighted by Crippen LogP contribution is 2.37. The number of ether oxygens (including phenoxy) is 1. The molecule has 0 fully saturated rings. The Morgan fingerprint density at radius 2 is 1.93 bits per heavy atom. The number of pyridine rings is 1. The Hall–Kier alpha value is -3.29. The molecule has 0 atom stereocenters. The van der Waals surface area contributed by atoms with Gasteiger partial charge in [-0.3, -0.25) is 4.79 Å². The lowest BCUT2D eigenvalue weighted by atomic mass is 9.99. The van der Waals surface area contributed by atoms with Gasteiger partial charge in [-0.15, -0.1) is 0 Å². The van der Waals surface area contributed by atoms with Gasteiger partial charge in [0.2, 0.25) is 5.88 Å². The third-order valence-electron chi connectivity index (χ3n) is 4.44. The zero-order valence-electron chi connectivity index (χ0n) is 15.5. The van der Waals surface area contributed by atoms with E-state index in [2.05, 4.69) is 16.9 Å². The predicted molar refractivity (Wildman–Crippen MR) is 98.1 cm³/mol. The molecule has 2 heterocycles. The number of hydrogen-bond donors (Lipinski definition) is 1. The van der Waals surface area contributed by atoms with Crippen molar-refractivity contribution in [1.82, 2.24) is 15.2 Å². The van der Waals surface area contributed by atoms with Crippen LogP contribution in [0.15, 0.2) is 54.5 Å². The number of aromatic nitrogens is 1. The van der Waals surface area contributed by atoms with Crippen LogP contribution in [-0.4, -0.2) is 22.8 Å². The number of nitrogens with zero attached hydrogens (tertiary/aromatic N) is 2. The molecule has 0 spiro atoms. The van der Waals surface area contributed by atoms with Crippen molar-refractivity contribution in [2.75, 3.05) is 7.05 Å². The molecule has 0 aliphatic carbocycles. The second kappa shape index (κ2) is 7.03. The van der Waals surface area contributed by atoms with Crippen molar-refractivity contribution in [3.8, 4) is 11.6 Å². The van der Waals surface area contributed by atoms with Crippen LogP contribution in [0.3, 0.4) is 0 Å². The van der Waals surface area contributed by atoms with Gasteiger partial charge in [-0.25, -0.2) is 4.98 Å². The minimum atomic E-state index is -4.57. The third kappa shape index (κ3) is 3.58. The Balaban J connectivity index is 1.98. The number of hydrogen-bond acceptors (Lipinski definition) is 4. The maximum atomic E-state index is 13.1. The van der Waals surface area contributed by atoms with E-state index in [-0.39, 0.29) is 11.7 Å². The molecule has 1 aliphatic rings. The molecule has 146 valence electrons. The van der Waals surface area contributed by atoms with Crippen molar-refractivity contribution in [2.45, 2.75) is 20.0 Å². The van der Waals surface area contributed by atoms with Crippen LogP contribution in [0.25, 0.3) is 5.70 Å². The Labute approximate surface area is 160 Å². The highest BCUT2D eigenvalue weighted by molar-refractivity contribution is 6.03. The van der Waals surface area contributed by atoms with Gasteiger partial charge in [0.1, 0.15) is 17.1 Å². The number of nitrogens with one attached hydrogen (secondary N) is 1. The van der Waals surface area contributed by atoms with Crippen LogP contribution in [-0.2, 0) is 11.0 Å². The van der Waals surface area contributed by atoms with Crippen molar-refractivity contribution >= 4 is 11.6 Å². The first kappa shape index (κ1) is 19.5. The number of aryl methyl sites for hydroxylation is 1. The fourth-order valence-electron chi connectivity index (χ4n) is 2.95. The van der Waals surface area contributed by atoms with Crippen LogP contribution in [0.4, 0.5) is 13.2 Å². The van der Waals surface area contributed by atoms with Gasteiger partial charge < -0.3 is 15.0 Å². The van der Waals surface area contributed by atoms with Crippen molar-refractivity contribution in [3.05, 3.63) is 71.2 Å². The molecule has 3 rings (SSSR count). The summed E-state index contributed by atoms with van der Waals surface area (Å²) in [6, 6.07) is 6.96. The van der Waals surface area contributed by atoms with Gasteiger partial charge in [0.15, 0.2) is 0 Å².